The summed E-state index contributed by atoms with van der Waals surface area (Å²) < 4.78 is 31.7. The molecule has 2 aromatic carbocycles. The fourth-order valence-corrected chi connectivity index (χ4v) is 3.46. The number of nitrogens with zero attached hydrogens (tertiary/aromatic N) is 1. The van der Waals surface area contributed by atoms with Crippen LogP contribution in [0, 0.1) is 6.92 Å². The molecule has 0 amide bonds. The van der Waals surface area contributed by atoms with Crippen molar-refractivity contribution < 1.29 is 13.2 Å². The molecule has 160 valence electrons. The Bertz CT molecular complexity index is 870. The third-order valence-corrected chi connectivity index (χ3v) is 5.57. The first-order valence-electron chi connectivity index (χ1n) is 9.02. The highest BCUT2D eigenvalue weighted by Crippen LogP contribution is 2.10. The zero-order chi connectivity index (χ0) is 20.4. The van der Waals surface area contributed by atoms with Gasteiger partial charge >= 0.3 is 0 Å². The van der Waals surface area contributed by atoms with E-state index in [0.29, 0.717) is 25.7 Å². The monoisotopic (exact) mass is 532 g/mol. The molecule has 0 heterocycles. The molecule has 0 radical (unpaired) electrons. The first kappa shape index (κ1) is 25.3. The molecule has 0 saturated heterocycles. The zero-order valence-corrected chi connectivity index (χ0v) is 20.1. The normalized spacial score (nSPS) is 11.6. The lowest BCUT2D eigenvalue weighted by Crippen LogP contribution is -2.36. The Morgan fingerprint density at radius 3 is 1.97 bits per heavy atom. The highest BCUT2D eigenvalue weighted by molar-refractivity contribution is 14.0. The van der Waals surface area contributed by atoms with Crippen LogP contribution in [-0.4, -0.2) is 41.7 Å². The van der Waals surface area contributed by atoms with Crippen LogP contribution in [0.5, 0.6) is 0 Å². The van der Waals surface area contributed by atoms with Gasteiger partial charge in [-0.1, -0.05) is 42.0 Å². The van der Waals surface area contributed by atoms with Crippen molar-refractivity contribution in [2.45, 2.75) is 24.9 Å². The van der Waals surface area contributed by atoms with Crippen molar-refractivity contribution in [3.63, 3.8) is 0 Å². The van der Waals surface area contributed by atoms with E-state index in [4.69, 9.17) is 4.74 Å². The number of aryl methyl sites for hydroxylation is 1. The first-order valence-corrected chi connectivity index (χ1v) is 10.5. The van der Waals surface area contributed by atoms with Gasteiger partial charge in [-0.2, -0.15) is 0 Å². The molecule has 0 spiro atoms. The van der Waals surface area contributed by atoms with E-state index in [0.717, 1.165) is 5.56 Å². The van der Waals surface area contributed by atoms with Crippen LogP contribution in [0.3, 0.4) is 0 Å². The third-order valence-electron chi connectivity index (χ3n) is 4.10. The van der Waals surface area contributed by atoms with E-state index in [1.165, 1.54) is 18.2 Å². The van der Waals surface area contributed by atoms with Crippen LogP contribution in [0.4, 0.5) is 0 Å². The molecular formula is C20H29IN4O3S. The van der Waals surface area contributed by atoms with Gasteiger partial charge in [0.1, 0.15) is 0 Å². The molecule has 0 fully saturated rings. The molecule has 0 bridgehead atoms. The maximum atomic E-state index is 12.2. The van der Waals surface area contributed by atoms with Crippen LogP contribution in [-0.2, 0) is 27.8 Å². The smallest absolute Gasteiger partial charge is 0.240 e. The topological polar surface area (TPSA) is 91.8 Å². The summed E-state index contributed by atoms with van der Waals surface area (Å²) in [5.74, 6) is 0.679. The minimum Gasteiger partial charge on any atom is -0.383 e. The molecule has 2 aromatic rings. The van der Waals surface area contributed by atoms with Gasteiger partial charge < -0.3 is 15.4 Å². The maximum Gasteiger partial charge on any atom is 0.240 e. The Balaban J connectivity index is 0.00000420. The summed E-state index contributed by atoms with van der Waals surface area (Å²) in [6, 6.07) is 15.1. The summed E-state index contributed by atoms with van der Waals surface area (Å²) in [4.78, 5) is 4.44. The fourth-order valence-electron chi connectivity index (χ4n) is 2.45. The van der Waals surface area contributed by atoms with Gasteiger partial charge in [0, 0.05) is 33.8 Å². The van der Waals surface area contributed by atoms with Crippen LogP contribution < -0.4 is 15.4 Å². The Hall–Kier alpha value is -1.69. The standard InChI is InChI=1S/C20H28N4O3S.HI/c1-16-4-6-17(7-5-16)14-22-20(21-2)23-15-18-8-10-19(11-9-18)28(25,26)24-12-13-27-3;/h4-11,24H,12-15H2,1-3H3,(H2,21,22,23);1H. The van der Waals surface area contributed by atoms with Crippen molar-refractivity contribution in [3.05, 3.63) is 65.2 Å². The Morgan fingerprint density at radius 2 is 1.48 bits per heavy atom. The average Bonchev–Trinajstić information content (AvgIpc) is 2.70. The second-order valence-electron chi connectivity index (χ2n) is 6.30. The van der Waals surface area contributed by atoms with E-state index < -0.39 is 10.0 Å². The maximum absolute atomic E-state index is 12.2. The molecule has 9 heteroatoms. The Morgan fingerprint density at radius 1 is 0.966 bits per heavy atom. The molecule has 29 heavy (non-hydrogen) atoms. The summed E-state index contributed by atoms with van der Waals surface area (Å²) in [5.41, 5.74) is 3.35. The molecule has 7 nitrogen and oxygen atoms in total. The van der Waals surface area contributed by atoms with E-state index in [1.54, 1.807) is 31.3 Å². The largest absolute Gasteiger partial charge is 0.383 e. The number of hydrogen-bond acceptors (Lipinski definition) is 4. The van der Waals surface area contributed by atoms with Gasteiger partial charge in [-0.3, -0.25) is 4.99 Å². The SMILES string of the molecule is CN=C(NCc1ccc(C)cc1)NCc1ccc(S(=O)(=O)NCCOC)cc1.I. The van der Waals surface area contributed by atoms with E-state index in [-0.39, 0.29) is 35.4 Å². The highest BCUT2D eigenvalue weighted by atomic mass is 127. The van der Waals surface area contributed by atoms with E-state index in [1.807, 2.05) is 0 Å². The van der Waals surface area contributed by atoms with Crippen molar-refractivity contribution >= 4 is 40.0 Å². The minimum atomic E-state index is -3.51. The molecule has 0 atom stereocenters. The zero-order valence-electron chi connectivity index (χ0n) is 16.9. The average molecular weight is 532 g/mol. The fraction of sp³-hybridized carbons (Fsp3) is 0.350. The predicted octanol–water partition coefficient (Wildman–Crippen LogP) is 2.40. The number of aliphatic imine (C=N–C) groups is 1. The summed E-state index contributed by atoms with van der Waals surface area (Å²) in [6.07, 6.45) is 0. The lowest BCUT2D eigenvalue weighted by molar-refractivity contribution is 0.204. The van der Waals surface area contributed by atoms with Crippen LogP contribution in [0.15, 0.2) is 58.4 Å². The summed E-state index contributed by atoms with van der Waals surface area (Å²) in [6.45, 7) is 3.83. The molecule has 2 rings (SSSR count). The molecule has 0 aliphatic heterocycles. The number of methoxy groups -OCH3 is 1. The van der Waals surface area contributed by atoms with Gasteiger partial charge in [0.15, 0.2) is 5.96 Å². The van der Waals surface area contributed by atoms with Gasteiger partial charge in [-0.25, -0.2) is 13.1 Å². The van der Waals surface area contributed by atoms with E-state index in [9.17, 15) is 8.42 Å². The van der Waals surface area contributed by atoms with Crippen molar-refractivity contribution in [1.82, 2.24) is 15.4 Å². The minimum absolute atomic E-state index is 0. The van der Waals surface area contributed by atoms with Crippen molar-refractivity contribution in [1.29, 1.82) is 0 Å². The summed E-state index contributed by atoms with van der Waals surface area (Å²) >= 11 is 0. The van der Waals surface area contributed by atoms with Crippen molar-refractivity contribution in [3.8, 4) is 0 Å². The molecule has 0 unspecified atom stereocenters. The molecule has 0 aliphatic carbocycles. The van der Waals surface area contributed by atoms with Gasteiger partial charge in [0.05, 0.1) is 11.5 Å². The number of sulfonamides is 1. The predicted molar refractivity (Wildman–Crippen MR) is 127 cm³/mol. The summed E-state index contributed by atoms with van der Waals surface area (Å²) in [5, 5.41) is 6.49. The van der Waals surface area contributed by atoms with E-state index >= 15 is 0 Å². The van der Waals surface area contributed by atoms with Crippen LogP contribution in [0.25, 0.3) is 0 Å². The molecule has 0 aliphatic rings. The number of ether oxygens (including phenoxy) is 1. The second kappa shape index (κ2) is 12.8. The molecular weight excluding hydrogens is 503 g/mol. The Labute approximate surface area is 190 Å². The quantitative estimate of drug-likeness (QED) is 0.200. The second-order valence-corrected chi connectivity index (χ2v) is 8.07. The summed E-state index contributed by atoms with van der Waals surface area (Å²) in [7, 11) is -0.273. The number of benzene rings is 2. The lowest BCUT2D eigenvalue weighted by Gasteiger charge is -2.13. The number of nitrogens with one attached hydrogen (secondary N) is 3. The third kappa shape index (κ3) is 8.69. The lowest BCUT2D eigenvalue weighted by atomic mass is 10.1. The van der Waals surface area contributed by atoms with Crippen molar-refractivity contribution in [2.24, 2.45) is 4.99 Å². The van der Waals surface area contributed by atoms with Crippen molar-refractivity contribution in [2.75, 3.05) is 27.3 Å². The van der Waals surface area contributed by atoms with Crippen LogP contribution in [0.1, 0.15) is 16.7 Å². The number of hydrogen-bond donors (Lipinski definition) is 3. The highest BCUT2D eigenvalue weighted by Gasteiger charge is 2.12. The molecule has 0 aromatic heterocycles. The molecule has 0 saturated carbocycles. The first-order chi connectivity index (χ1) is 13.4. The molecule has 3 N–H and O–H groups in total. The van der Waals surface area contributed by atoms with Gasteiger partial charge in [0.2, 0.25) is 10.0 Å². The van der Waals surface area contributed by atoms with Gasteiger partial charge in [-0.15, -0.1) is 24.0 Å². The number of rotatable bonds is 9. The van der Waals surface area contributed by atoms with Crippen LogP contribution >= 0.6 is 24.0 Å². The van der Waals surface area contributed by atoms with Gasteiger partial charge in [-0.05, 0) is 30.2 Å². The number of halogens is 1. The van der Waals surface area contributed by atoms with E-state index in [2.05, 4.69) is 51.5 Å². The van der Waals surface area contributed by atoms with Crippen LogP contribution in [0.2, 0.25) is 0 Å². The Kier molecular flexibility index (Phi) is 11.2. The number of guanidine groups is 1. The van der Waals surface area contributed by atoms with Gasteiger partial charge in [0.25, 0.3) is 0 Å².